The van der Waals surface area contributed by atoms with Crippen molar-refractivity contribution >= 4 is 29.0 Å². The SMILES string of the molecule is CCN(CC)CC1CCCCN1CCCC(=O)N1c2ccccc2C(=O)Nc2cccnc21. The molecule has 0 aliphatic carbocycles. The van der Waals surface area contributed by atoms with E-state index >= 15 is 0 Å². The minimum absolute atomic E-state index is 0.0313. The third-order valence-corrected chi connectivity index (χ3v) is 6.83. The van der Waals surface area contributed by atoms with Gasteiger partial charge in [-0.05, 0) is 69.7 Å². The first-order chi connectivity index (χ1) is 16.1. The lowest BCUT2D eigenvalue weighted by atomic mass is 10.0. The van der Waals surface area contributed by atoms with E-state index in [0.29, 0.717) is 35.2 Å². The number of amides is 2. The van der Waals surface area contributed by atoms with Gasteiger partial charge in [-0.2, -0.15) is 0 Å². The van der Waals surface area contributed by atoms with Crippen molar-refractivity contribution in [1.29, 1.82) is 0 Å². The summed E-state index contributed by atoms with van der Waals surface area (Å²) in [5.74, 6) is 0.233. The minimum Gasteiger partial charge on any atom is -0.319 e. The standard InChI is InChI=1S/C26H35N5O2/c1-3-29(4-2)19-20-11-7-8-17-30(20)18-10-15-24(32)31-23-14-6-5-12-21(23)26(33)28-22-13-9-16-27-25(22)31/h5-6,9,12-14,16,20H,3-4,7-8,10-11,15,17-19H2,1-2H3,(H,28,33). The van der Waals surface area contributed by atoms with Gasteiger partial charge in [-0.1, -0.05) is 32.4 Å². The van der Waals surface area contributed by atoms with Gasteiger partial charge in [0, 0.05) is 25.2 Å². The van der Waals surface area contributed by atoms with Gasteiger partial charge in [0.05, 0.1) is 16.9 Å². The molecule has 1 atom stereocenters. The number of hydrogen-bond acceptors (Lipinski definition) is 5. The Kier molecular flexibility index (Phi) is 7.73. The molecule has 1 aromatic carbocycles. The van der Waals surface area contributed by atoms with Gasteiger partial charge in [-0.25, -0.2) is 4.98 Å². The van der Waals surface area contributed by atoms with E-state index in [1.807, 2.05) is 18.2 Å². The first-order valence-electron chi connectivity index (χ1n) is 12.3. The van der Waals surface area contributed by atoms with Crippen LogP contribution in [0.1, 0.15) is 56.3 Å². The number of para-hydroxylation sites is 1. The molecule has 1 unspecified atom stereocenters. The highest BCUT2D eigenvalue weighted by Gasteiger charge is 2.30. The number of benzene rings is 1. The predicted octanol–water partition coefficient (Wildman–Crippen LogP) is 4.29. The molecule has 1 aromatic heterocycles. The van der Waals surface area contributed by atoms with Crippen LogP contribution < -0.4 is 10.2 Å². The highest BCUT2D eigenvalue weighted by atomic mass is 16.2. The first kappa shape index (κ1) is 23.4. The summed E-state index contributed by atoms with van der Waals surface area (Å²) in [5.41, 5.74) is 1.64. The third-order valence-electron chi connectivity index (χ3n) is 6.83. The molecule has 0 spiro atoms. The molecule has 1 saturated heterocycles. The quantitative estimate of drug-likeness (QED) is 0.651. The fourth-order valence-electron chi connectivity index (χ4n) is 4.98. The normalized spacial score (nSPS) is 18.5. The Morgan fingerprint density at radius 1 is 1.15 bits per heavy atom. The van der Waals surface area contributed by atoms with E-state index in [0.717, 1.165) is 39.1 Å². The zero-order valence-corrected chi connectivity index (χ0v) is 19.8. The number of likely N-dealkylation sites (tertiary alicyclic amines) is 1. The summed E-state index contributed by atoms with van der Waals surface area (Å²) in [6, 6.07) is 11.4. The van der Waals surface area contributed by atoms with Crippen LogP contribution in [0.2, 0.25) is 0 Å². The van der Waals surface area contributed by atoms with Crippen molar-refractivity contribution in [2.45, 2.75) is 52.0 Å². The van der Waals surface area contributed by atoms with Crippen LogP contribution in [0.3, 0.4) is 0 Å². The number of likely N-dealkylation sites (N-methyl/N-ethyl adjacent to an activating group) is 1. The summed E-state index contributed by atoms with van der Waals surface area (Å²) in [4.78, 5) is 37.4. The van der Waals surface area contributed by atoms with Crippen LogP contribution >= 0.6 is 0 Å². The average Bonchev–Trinajstić information content (AvgIpc) is 2.97. The molecule has 3 heterocycles. The van der Waals surface area contributed by atoms with Crippen LogP contribution in [0.4, 0.5) is 17.2 Å². The number of anilines is 3. The number of carbonyl (C=O) groups is 2. The summed E-state index contributed by atoms with van der Waals surface area (Å²) in [6.45, 7) is 9.72. The summed E-state index contributed by atoms with van der Waals surface area (Å²) < 4.78 is 0. The average molecular weight is 450 g/mol. The van der Waals surface area contributed by atoms with Crippen molar-refractivity contribution in [3.8, 4) is 0 Å². The first-order valence-corrected chi connectivity index (χ1v) is 12.3. The number of fused-ring (bicyclic) bond motifs is 2. The van der Waals surface area contributed by atoms with Crippen LogP contribution in [-0.2, 0) is 4.79 Å². The van der Waals surface area contributed by atoms with Gasteiger partial charge in [0.25, 0.3) is 5.91 Å². The molecule has 1 N–H and O–H groups in total. The van der Waals surface area contributed by atoms with Crippen LogP contribution in [0.15, 0.2) is 42.6 Å². The molecule has 2 amide bonds. The Balaban J connectivity index is 1.47. The topological polar surface area (TPSA) is 68.8 Å². The maximum atomic E-state index is 13.5. The molecule has 4 rings (SSSR count). The molecule has 7 nitrogen and oxygen atoms in total. The van der Waals surface area contributed by atoms with Crippen molar-refractivity contribution in [3.63, 3.8) is 0 Å². The molecule has 33 heavy (non-hydrogen) atoms. The van der Waals surface area contributed by atoms with Crippen molar-refractivity contribution in [3.05, 3.63) is 48.2 Å². The van der Waals surface area contributed by atoms with E-state index in [1.165, 1.54) is 19.3 Å². The second-order valence-corrected chi connectivity index (χ2v) is 8.85. The van der Waals surface area contributed by atoms with Crippen LogP contribution in [-0.4, -0.2) is 65.4 Å². The maximum Gasteiger partial charge on any atom is 0.257 e. The minimum atomic E-state index is -0.220. The number of rotatable bonds is 8. The van der Waals surface area contributed by atoms with Crippen molar-refractivity contribution in [1.82, 2.24) is 14.8 Å². The van der Waals surface area contributed by atoms with Crippen molar-refractivity contribution in [2.24, 2.45) is 0 Å². The summed E-state index contributed by atoms with van der Waals surface area (Å²) in [6.07, 6.45) is 6.60. The van der Waals surface area contributed by atoms with Gasteiger partial charge in [0.2, 0.25) is 5.91 Å². The van der Waals surface area contributed by atoms with E-state index in [-0.39, 0.29) is 11.8 Å². The Morgan fingerprint density at radius 2 is 1.97 bits per heavy atom. The van der Waals surface area contributed by atoms with E-state index in [4.69, 9.17) is 0 Å². The highest BCUT2D eigenvalue weighted by molar-refractivity contribution is 6.17. The Labute approximate surface area is 196 Å². The van der Waals surface area contributed by atoms with Crippen LogP contribution in [0.25, 0.3) is 0 Å². The van der Waals surface area contributed by atoms with Gasteiger partial charge in [-0.15, -0.1) is 0 Å². The molecule has 7 heteroatoms. The van der Waals surface area contributed by atoms with Gasteiger partial charge in [0.1, 0.15) is 0 Å². The zero-order valence-electron chi connectivity index (χ0n) is 19.8. The van der Waals surface area contributed by atoms with Crippen molar-refractivity contribution < 1.29 is 9.59 Å². The van der Waals surface area contributed by atoms with Gasteiger partial charge in [0.15, 0.2) is 5.82 Å². The lowest BCUT2D eigenvalue weighted by Gasteiger charge is -2.38. The fourth-order valence-corrected chi connectivity index (χ4v) is 4.98. The van der Waals surface area contributed by atoms with Crippen LogP contribution in [0.5, 0.6) is 0 Å². The van der Waals surface area contributed by atoms with Gasteiger partial charge < -0.3 is 10.2 Å². The zero-order chi connectivity index (χ0) is 23.2. The van der Waals surface area contributed by atoms with Crippen molar-refractivity contribution in [2.75, 3.05) is 42.9 Å². The molecule has 2 aliphatic heterocycles. The largest absolute Gasteiger partial charge is 0.319 e. The number of pyridine rings is 1. The summed E-state index contributed by atoms with van der Waals surface area (Å²) in [5, 5.41) is 2.90. The van der Waals surface area contributed by atoms with E-state index < -0.39 is 0 Å². The molecule has 0 saturated carbocycles. The molecule has 0 radical (unpaired) electrons. The number of carbonyl (C=O) groups excluding carboxylic acids is 2. The molecule has 2 aliphatic rings. The van der Waals surface area contributed by atoms with E-state index in [2.05, 4.69) is 33.9 Å². The lowest BCUT2D eigenvalue weighted by molar-refractivity contribution is -0.118. The Bertz CT molecular complexity index is 975. The number of nitrogens with one attached hydrogen (secondary N) is 1. The highest BCUT2D eigenvalue weighted by Crippen LogP contribution is 2.36. The molecule has 1 fully saturated rings. The van der Waals surface area contributed by atoms with E-state index in [1.54, 1.807) is 29.3 Å². The summed E-state index contributed by atoms with van der Waals surface area (Å²) in [7, 11) is 0. The molecule has 0 bridgehead atoms. The maximum absolute atomic E-state index is 13.5. The number of hydrogen-bond donors (Lipinski definition) is 1. The Hall–Kier alpha value is -2.77. The molecular weight excluding hydrogens is 414 g/mol. The fraction of sp³-hybridized carbons (Fsp3) is 0.500. The monoisotopic (exact) mass is 449 g/mol. The Morgan fingerprint density at radius 3 is 2.79 bits per heavy atom. The predicted molar refractivity (Wildman–Crippen MR) is 132 cm³/mol. The smallest absolute Gasteiger partial charge is 0.257 e. The second kappa shape index (κ2) is 10.9. The molecule has 2 aromatic rings. The van der Waals surface area contributed by atoms with E-state index in [9.17, 15) is 9.59 Å². The molecular formula is C26H35N5O2. The number of piperidine rings is 1. The number of aromatic nitrogens is 1. The lowest BCUT2D eigenvalue weighted by Crippen LogP contribution is -2.47. The van der Waals surface area contributed by atoms with Crippen LogP contribution in [0, 0.1) is 0 Å². The van der Waals surface area contributed by atoms with Gasteiger partial charge in [-0.3, -0.25) is 19.4 Å². The second-order valence-electron chi connectivity index (χ2n) is 8.85. The van der Waals surface area contributed by atoms with Gasteiger partial charge >= 0.3 is 0 Å². The number of nitrogens with zero attached hydrogens (tertiary/aromatic N) is 4. The summed E-state index contributed by atoms with van der Waals surface area (Å²) >= 11 is 0. The third kappa shape index (κ3) is 5.25. The molecule has 176 valence electrons.